The third-order valence-corrected chi connectivity index (χ3v) is 5.56. The Hall–Kier alpha value is -3.76. The first kappa shape index (κ1) is 21.5. The van der Waals surface area contributed by atoms with Gasteiger partial charge in [-0.05, 0) is 40.3 Å². The lowest BCUT2D eigenvalue weighted by Crippen LogP contribution is -2.33. The van der Waals surface area contributed by atoms with Crippen molar-refractivity contribution in [3.05, 3.63) is 102 Å². The molecule has 0 aromatic heterocycles. The summed E-state index contributed by atoms with van der Waals surface area (Å²) in [7, 11) is 1.91. The summed E-state index contributed by atoms with van der Waals surface area (Å²) < 4.78 is 5.96. The second-order valence-electron chi connectivity index (χ2n) is 7.58. The summed E-state index contributed by atoms with van der Waals surface area (Å²) in [6.45, 7) is 0.520. The first-order valence-corrected chi connectivity index (χ1v) is 10.3. The van der Waals surface area contributed by atoms with Crippen molar-refractivity contribution in [2.45, 2.75) is 6.61 Å². The van der Waals surface area contributed by atoms with Crippen molar-refractivity contribution in [3.63, 3.8) is 0 Å². The topological polar surface area (TPSA) is 50.8 Å². The third-order valence-electron chi connectivity index (χ3n) is 5.56. The van der Waals surface area contributed by atoms with Crippen LogP contribution in [0, 0.1) is 0 Å². The van der Waals surface area contributed by atoms with Crippen LogP contribution in [0.2, 0.25) is 0 Å². The maximum absolute atomic E-state index is 6.40. The van der Waals surface area contributed by atoms with Crippen LogP contribution in [0.3, 0.4) is 0 Å². The summed E-state index contributed by atoms with van der Waals surface area (Å²) in [5, 5.41) is 2.34. The van der Waals surface area contributed by atoms with Gasteiger partial charge in [0.25, 0.3) is 0 Å². The van der Waals surface area contributed by atoms with Crippen molar-refractivity contribution < 1.29 is 4.74 Å². The van der Waals surface area contributed by atoms with Crippen molar-refractivity contribution in [1.82, 2.24) is 0 Å². The fourth-order valence-electron chi connectivity index (χ4n) is 3.86. The standard InChI is InChI=1S/C27H23N3O.ClH/c1-30(22-10-6-11-23(17-22)31-18-19-7-3-2-4-8-19)27(28)29-25-16-15-21-14-13-20-9-5-12-24(25)26(20)21;/h2-17H,18H2,1H3,(H2,28,29);1H. The Morgan fingerprint density at radius 1 is 0.875 bits per heavy atom. The van der Waals surface area contributed by atoms with Gasteiger partial charge in [0.2, 0.25) is 5.96 Å². The van der Waals surface area contributed by atoms with Crippen LogP contribution in [0.15, 0.2) is 89.9 Å². The van der Waals surface area contributed by atoms with Gasteiger partial charge in [0.15, 0.2) is 0 Å². The molecule has 0 saturated carbocycles. The van der Waals surface area contributed by atoms with E-state index in [1.165, 1.54) is 16.5 Å². The predicted molar refractivity (Wildman–Crippen MR) is 137 cm³/mol. The van der Waals surface area contributed by atoms with Crippen LogP contribution in [0.5, 0.6) is 5.75 Å². The smallest absolute Gasteiger partial charge is 0.200 e. The third kappa shape index (κ3) is 4.18. The Morgan fingerprint density at radius 2 is 1.62 bits per heavy atom. The van der Waals surface area contributed by atoms with Crippen LogP contribution in [-0.2, 0) is 6.61 Å². The molecule has 0 spiro atoms. The first-order valence-electron chi connectivity index (χ1n) is 10.3. The Kier molecular flexibility index (Phi) is 6.15. The van der Waals surface area contributed by atoms with Crippen LogP contribution in [-0.4, -0.2) is 13.0 Å². The molecule has 4 aromatic rings. The number of rotatable bonds is 5. The minimum Gasteiger partial charge on any atom is -0.489 e. The van der Waals surface area contributed by atoms with E-state index in [4.69, 9.17) is 15.5 Å². The minimum absolute atomic E-state index is 0. The number of hydrogen-bond donors (Lipinski definition) is 1. The molecule has 5 rings (SSSR count). The second kappa shape index (κ2) is 9.16. The monoisotopic (exact) mass is 441 g/mol. The van der Waals surface area contributed by atoms with E-state index >= 15 is 0 Å². The number of ether oxygens (including phenoxy) is 1. The number of benzene rings is 4. The molecule has 4 aromatic carbocycles. The molecule has 0 unspecified atom stereocenters. The molecule has 2 N–H and O–H groups in total. The van der Waals surface area contributed by atoms with Gasteiger partial charge in [-0.1, -0.05) is 72.8 Å². The van der Waals surface area contributed by atoms with Gasteiger partial charge in [-0.3, -0.25) is 0 Å². The molecule has 5 heteroatoms. The molecule has 0 heterocycles. The molecule has 1 aliphatic carbocycles. The maximum Gasteiger partial charge on any atom is 0.200 e. The number of halogens is 1. The highest BCUT2D eigenvalue weighted by atomic mass is 35.5. The number of hydrogen-bond acceptors (Lipinski definition) is 2. The van der Waals surface area contributed by atoms with Gasteiger partial charge in [-0.2, -0.15) is 0 Å². The largest absolute Gasteiger partial charge is 0.489 e. The number of anilines is 1. The van der Waals surface area contributed by atoms with Gasteiger partial charge < -0.3 is 15.4 Å². The average molecular weight is 442 g/mol. The zero-order valence-electron chi connectivity index (χ0n) is 17.7. The molecule has 0 fully saturated rings. The molecule has 0 saturated heterocycles. The van der Waals surface area contributed by atoms with Gasteiger partial charge >= 0.3 is 0 Å². The Bertz CT molecular complexity index is 1300. The molecule has 1 aliphatic rings. The summed E-state index contributed by atoms with van der Waals surface area (Å²) in [5.41, 5.74) is 11.8. The molecular weight excluding hydrogens is 418 g/mol. The molecule has 0 amide bonds. The molecule has 160 valence electrons. The molecular formula is C27H24ClN3O. The van der Waals surface area contributed by atoms with E-state index in [-0.39, 0.29) is 12.4 Å². The van der Waals surface area contributed by atoms with Crippen LogP contribution in [0.25, 0.3) is 22.9 Å². The predicted octanol–water partition coefficient (Wildman–Crippen LogP) is 6.41. The van der Waals surface area contributed by atoms with Crippen molar-refractivity contribution in [2.24, 2.45) is 10.7 Å². The highest BCUT2D eigenvalue weighted by molar-refractivity contribution is 6.10. The number of aliphatic imine (C=N–C) groups is 1. The lowest BCUT2D eigenvalue weighted by Gasteiger charge is -2.19. The van der Waals surface area contributed by atoms with E-state index in [1.54, 1.807) is 0 Å². The zero-order chi connectivity index (χ0) is 21.2. The Balaban J connectivity index is 0.00000245. The summed E-state index contributed by atoms with van der Waals surface area (Å²) in [6, 6.07) is 28.4. The van der Waals surface area contributed by atoms with Crippen LogP contribution in [0.4, 0.5) is 11.4 Å². The van der Waals surface area contributed by atoms with Gasteiger partial charge in [0, 0.05) is 24.2 Å². The fourth-order valence-corrected chi connectivity index (χ4v) is 3.86. The maximum atomic E-state index is 6.40. The average Bonchev–Trinajstić information content (AvgIpc) is 3.24. The Morgan fingerprint density at radius 3 is 2.44 bits per heavy atom. The fraction of sp³-hybridized carbons (Fsp3) is 0.0741. The molecule has 4 nitrogen and oxygen atoms in total. The minimum atomic E-state index is 0. The quantitative estimate of drug-likeness (QED) is 0.253. The van der Waals surface area contributed by atoms with Crippen molar-refractivity contribution in [2.75, 3.05) is 11.9 Å². The lowest BCUT2D eigenvalue weighted by molar-refractivity contribution is 0.306. The number of guanidine groups is 1. The Labute approximate surface area is 194 Å². The van der Waals surface area contributed by atoms with E-state index in [0.717, 1.165) is 28.1 Å². The van der Waals surface area contributed by atoms with E-state index in [2.05, 4.69) is 36.4 Å². The molecule has 0 aliphatic heterocycles. The van der Waals surface area contributed by atoms with E-state index in [0.29, 0.717) is 12.6 Å². The summed E-state index contributed by atoms with van der Waals surface area (Å²) >= 11 is 0. The lowest BCUT2D eigenvalue weighted by atomic mass is 10.0. The second-order valence-corrected chi connectivity index (χ2v) is 7.58. The zero-order valence-corrected chi connectivity index (χ0v) is 18.5. The molecule has 0 atom stereocenters. The highest BCUT2D eigenvalue weighted by Crippen LogP contribution is 2.36. The number of nitrogens with two attached hydrogens (primary N) is 1. The molecule has 0 radical (unpaired) electrons. The summed E-state index contributed by atoms with van der Waals surface area (Å²) in [4.78, 5) is 6.62. The SMILES string of the molecule is CN(C(N)=Nc1ccc2c3c(cccc13)C=C2)c1cccc(OCc2ccccc2)c1.Cl. The van der Waals surface area contributed by atoms with Crippen molar-refractivity contribution >= 4 is 52.7 Å². The van der Waals surface area contributed by atoms with Crippen molar-refractivity contribution in [1.29, 1.82) is 0 Å². The van der Waals surface area contributed by atoms with Gasteiger partial charge in [0.05, 0.1) is 5.69 Å². The summed E-state index contributed by atoms with van der Waals surface area (Å²) in [6.07, 6.45) is 4.28. The molecule has 0 bridgehead atoms. The van der Waals surface area contributed by atoms with Gasteiger partial charge in [0.1, 0.15) is 12.4 Å². The van der Waals surface area contributed by atoms with E-state index < -0.39 is 0 Å². The first-order chi connectivity index (χ1) is 15.2. The molecule has 32 heavy (non-hydrogen) atoms. The van der Waals surface area contributed by atoms with Gasteiger partial charge in [-0.15, -0.1) is 12.4 Å². The summed E-state index contributed by atoms with van der Waals surface area (Å²) in [5.74, 6) is 1.21. The van der Waals surface area contributed by atoms with Gasteiger partial charge in [-0.25, -0.2) is 4.99 Å². The van der Waals surface area contributed by atoms with Crippen LogP contribution in [0.1, 0.15) is 16.7 Å². The van der Waals surface area contributed by atoms with Crippen LogP contribution >= 0.6 is 12.4 Å². The van der Waals surface area contributed by atoms with Crippen LogP contribution < -0.4 is 15.4 Å². The van der Waals surface area contributed by atoms with Crippen molar-refractivity contribution in [3.8, 4) is 5.75 Å². The van der Waals surface area contributed by atoms with E-state index in [1.807, 2.05) is 72.6 Å². The highest BCUT2D eigenvalue weighted by Gasteiger charge is 2.13. The normalized spacial score (nSPS) is 12.0. The number of nitrogens with zero attached hydrogens (tertiary/aromatic N) is 2. The van der Waals surface area contributed by atoms with E-state index in [9.17, 15) is 0 Å².